The fourth-order valence-electron chi connectivity index (χ4n) is 3.77. The van der Waals surface area contributed by atoms with E-state index in [1.165, 1.54) is 12.0 Å². The van der Waals surface area contributed by atoms with E-state index in [-0.39, 0.29) is 5.91 Å². The molecule has 1 aliphatic rings. The van der Waals surface area contributed by atoms with Crippen LogP contribution in [0.15, 0.2) is 36.7 Å². The molecule has 1 aromatic carbocycles. The molecule has 0 radical (unpaired) electrons. The molecular weight excluding hydrogens is 338 g/mol. The Hall–Kier alpha value is -2.30. The summed E-state index contributed by atoms with van der Waals surface area (Å²) >= 11 is 0. The molecule has 2 heterocycles. The van der Waals surface area contributed by atoms with Crippen LogP contribution in [0.3, 0.4) is 0 Å². The van der Waals surface area contributed by atoms with Crippen molar-refractivity contribution >= 4 is 5.91 Å². The second-order valence-corrected chi connectivity index (χ2v) is 7.46. The highest BCUT2D eigenvalue weighted by Crippen LogP contribution is 2.24. The first kappa shape index (κ1) is 19.5. The molecule has 0 spiro atoms. The lowest BCUT2D eigenvalue weighted by Gasteiger charge is -2.32. The molecule has 5 heteroatoms. The van der Waals surface area contributed by atoms with Crippen molar-refractivity contribution < 1.29 is 9.53 Å². The van der Waals surface area contributed by atoms with E-state index < -0.39 is 0 Å². The summed E-state index contributed by atoms with van der Waals surface area (Å²) in [5.41, 5.74) is 2.50. The van der Waals surface area contributed by atoms with E-state index in [1.807, 2.05) is 31.3 Å². The third-order valence-electron chi connectivity index (χ3n) is 5.43. The normalized spacial score (nSPS) is 15.1. The van der Waals surface area contributed by atoms with Crippen LogP contribution in [0.1, 0.15) is 43.7 Å². The lowest BCUT2D eigenvalue weighted by molar-refractivity contribution is -0.132. The largest absolute Gasteiger partial charge is 0.494 e. The second-order valence-electron chi connectivity index (χ2n) is 7.46. The SMILES string of the molecule is CCOc1ccc(CCC2CCN(C(=O)CCc3cnn(C)c3)CC2)cc1. The summed E-state index contributed by atoms with van der Waals surface area (Å²) in [6.45, 7) is 4.52. The molecule has 2 aromatic rings. The van der Waals surface area contributed by atoms with Crippen molar-refractivity contribution in [2.75, 3.05) is 19.7 Å². The maximum atomic E-state index is 12.4. The highest BCUT2D eigenvalue weighted by molar-refractivity contribution is 5.76. The van der Waals surface area contributed by atoms with Gasteiger partial charge in [0.15, 0.2) is 0 Å². The predicted octanol–water partition coefficient (Wildman–Crippen LogP) is 3.62. The first-order valence-corrected chi connectivity index (χ1v) is 10.1. The Morgan fingerprint density at radius 1 is 1.15 bits per heavy atom. The lowest BCUT2D eigenvalue weighted by Crippen LogP contribution is -2.38. The molecule has 0 bridgehead atoms. The maximum Gasteiger partial charge on any atom is 0.222 e. The van der Waals surface area contributed by atoms with Crippen LogP contribution in [-0.4, -0.2) is 40.3 Å². The third kappa shape index (κ3) is 5.84. The number of nitrogens with zero attached hydrogens (tertiary/aromatic N) is 3. The molecule has 1 aromatic heterocycles. The minimum absolute atomic E-state index is 0.281. The monoisotopic (exact) mass is 369 g/mol. The van der Waals surface area contributed by atoms with E-state index in [1.54, 1.807) is 4.68 Å². The zero-order chi connectivity index (χ0) is 19.1. The third-order valence-corrected chi connectivity index (χ3v) is 5.43. The molecule has 1 amide bonds. The molecule has 5 nitrogen and oxygen atoms in total. The van der Waals surface area contributed by atoms with Crippen LogP contribution in [-0.2, 0) is 24.7 Å². The standard InChI is InChI=1S/C22H31N3O2/c1-3-27-21-9-6-18(7-10-21)4-5-19-12-14-25(15-13-19)22(26)11-8-20-16-23-24(2)17-20/h6-7,9-10,16-17,19H,3-5,8,11-15H2,1-2H3. The molecule has 0 saturated carbocycles. The number of rotatable bonds is 8. The zero-order valence-electron chi connectivity index (χ0n) is 16.6. The highest BCUT2D eigenvalue weighted by atomic mass is 16.5. The van der Waals surface area contributed by atoms with Gasteiger partial charge in [-0.25, -0.2) is 0 Å². The van der Waals surface area contributed by atoms with Crippen molar-refractivity contribution in [2.45, 2.75) is 45.4 Å². The number of carbonyl (C=O) groups excluding carboxylic acids is 1. The van der Waals surface area contributed by atoms with Crippen molar-refractivity contribution in [3.63, 3.8) is 0 Å². The van der Waals surface area contributed by atoms with Gasteiger partial charge < -0.3 is 9.64 Å². The molecule has 146 valence electrons. The molecule has 0 aliphatic carbocycles. The number of ether oxygens (including phenoxy) is 1. The Morgan fingerprint density at radius 3 is 2.52 bits per heavy atom. The number of aryl methyl sites for hydroxylation is 3. The topological polar surface area (TPSA) is 47.4 Å². The smallest absolute Gasteiger partial charge is 0.222 e. The number of hydrogen-bond donors (Lipinski definition) is 0. The van der Waals surface area contributed by atoms with E-state index in [9.17, 15) is 4.79 Å². The van der Waals surface area contributed by atoms with Crippen LogP contribution >= 0.6 is 0 Å². The van der Waals surface area contributed by atoms with Gasteiger partial charge in [0, 0.05) is 32.8 Å². The van der Waals surface area contributed by atoms with Gasteiger partial charge >= 0.3 is 0 Å². The molecule has 1 aliphatic heterocycles. The van der Waals surface area contributed by atoms with Crippen LogP contribution < -0.4 is 4.74 Å². The number of amides is 1. The number of likely N-dealkylation sites (tertiary alicyclic amines) is 1. The molecule has 27 heavy (non-hydrogen) atoms. The second kappa shape index (κ2) is 9.58. The van der Waals surface area contributed by atoms with Gasteiger partial charge in [0.2, 0.25) is 5.91 Å². The number of piperidine rings is 1. The maximum absolute atomic E-state index is 12.4. The van der Waals surface area contributed by atoms with Gasteiger partial charge in [0.1, 0.15) is 5.75 Å². The van der Waals surface area contributed by atoms with Gasteiger partial charge in [-0.2, -0.15) is 5.10 Å². The van der Waals surface area contributed by atoms with Gasteiger partial charge in [0.05, 0.1) is 12.8 Å². The van der Waals surface area contributed by atoms with Crippen molar-refractivity contribution in [2.24, 2.45) is 13.0 Å². The van der Waals surface area contributed by atoms with Crippen molar-refractivity contribution in [3.05, 3.63) is 47.8 Å². The first-order valence-electron chi connectivity index (χ1n) is 10.1. The van der Waals surface area contributed by atoms with Crippen LogP contribution in [0, 0.1) is 5.92 Å². The molecule has 0 unspecified atom stereocenters. The average molecular weight is 370 g/mol. The number of carbonyl (C=O) groups is 1. The molecule has 3 rings (SSSR count). The van der Waals surface area contributed by atoms with Crippen LogP contribution in [0.2, 0.25) is 0 Å². The minimum atomic E-state index is 0.281. The Morgan fingerprint density at radius 2 is 1.89 bits per heavy atom. The van der Waals surface area contributed by atoms with Gasteiger partial charge in [-0.3, -0.25) is 9.48 Å². The van der Waals surface area contributed by atoms with Crippen molar-refractivity contribution in [1.29, 1.82) is 0 Å². The molecular formula is C22H31N3O2. The fraction of sp³-hybridized carbons (Fsp3) is 0.545. The number of hydrogen-bond acceptors (Lipinski definition) is 3. The highest BCUT2D eigenvalue weighted by Gasteiger charge is 2.22. The van der Waals surface area contributed by atoms with E-state index in [0.717, 1.165) is 56.0 Å². The summed E-state index contributed by atoms with van der Waals surface area (Å²) < 4.78 is 7.28. The van der Waals surface area contributed by atoms with Gasteiger partial charge in [-0.15, -0.1) is 0 Å². The fourth-order valence-corrected chi connectivity index (χ4v) is 3.77. The summed E-state index contributed by atoms with van der Waals surface area (Å²) in [4.78, 5) is 14.5. The lowest BCUT2D eigenvalue weighted by atomic mass is 9.90. The van der Waals surface area contributed by atoms with Crippen molar-refractivity contribution in [1.82, 2.24) is 14.7 Å². The van der Waals surface area contributed by atoms with Gasteiger partial charge in [-0.1, -0.05) is 12.1 Å². The number of benzene rings is 1. The quantitative estimate of drug-likeness (QED) is 0.714. The summed E-state index contributed by atoms with van der Waals surface area (Å²) in [5, 5.41) is 4.16. The summed E-state index contributed by atoms with van der Waals surface area (Å²) in [6.07, 6.45) is 9.75. The molecule has 0 N–H and O–H groups in total. The zero-order valence-corrected chi connectivity index (χ0v) is 16.6. The number of aromatic nitrogens is 2. The van der Waals surface area contributed by atoms with E-state index in [4.69, 9.17) is 4.74 Å². The Labute approximate surface area is 162 Å². The molecule has 0 atom stereocenters. The van der Waals surface area contributed by atoms with Crippen LogP contribution in [0.5, 0.6) is 5.75 Å². The van der Waals surface area contributed by atoms with E-state index in [2.05, 4.69) is 29.4 Å². The van der Waals surface area contributed by atoms with E-state index in [0.29, 0.717) is 13.0 Å². The molecule has 1 saturated heterocycles. The minimum Gasteiger partial charge on any atom is -0.494 e. The summed E-state index contributed by atoms with van der Waals surface area (Å²) in [6, 6.07) is 8.45. The summed E-state index contributed by atoms with van der Waals surface area (Å²) in [7, 11) is 1.91. The molecule has 1 fully saturated rings. The Kier molecular flexibility index (Phi) is 6.91. The van der Waals surface area contributed by atoms with Crippen molar-refractivity contribution in [3.8, 4) is 5.75 Å². The summed E-state index contributed by atoms with van der Waals surface area (Å²) in [5.74, 6) is 1.95. The van der Waals surface area contributed by atoms with E-state index >= 15 is 0 Å². The van der Waals surface area contributed by atoms with Crippen LogP contribution in [0.4, 0.5) is 0 Å². The van der Waals surface area contributed by atoms with Crippen LogP contribution in [0.25, 0.3) is 0 Å². The predicted molar refractivity (Wildman–Crippen MR) is 107 cm³/mol. The Balaban J connectivity index is 1.36. The van der Waals surface area contributed by atoms with Gasteiger partial charge in [-0.05, 0) is 68.2 Å². The van der Waals surface area contributed by atoms with Gasteiger partial charge in [0.25, 0.3) is 0 Å². The first-order chi connectivity index (χ1) is 13.1. The average Bonchev–Trinajstić information content (AvgIpc) is 3.11. The Bertz CT molecular complexity index is 715.